The van der Waals surface area contributed by atoms with Gasteiger partial charge >= 0.3 is 0 Å². The number of H-pyrrole nitrogens is 1. The molecule has 1 aliphatic carbocycles. The van der Waals surface area contributed by atoms with Crippen LogP contribution in [0.3, 0.4) is 0 Å². The van der Waals surface area contributed by atoms with Crippen molar-refractivity contribution in [2.75, 3.05) is 6.61 Å². The minimum atomic E-state index is -0.822. The molecule has 3 rings (SSSR count). The van der Waals surface area contributed by atoms with Gasteiger partial charge in [-0.05, 0) is 68.0 Å². The number of rotatable bonds is 8. The van der Waals surface area contributed by atoms with E-state index in [1.165, 1.54) is 6.07 Å². The van der Waals surface area contributed by atoms with E-state index in [0.29, 0.717) is 42.0 Å². The molecule has 9 nitrogen and oxygen atoms in total. The standard InChI is InChI=1S/C24H30N4O5/c1-4-33-15-10-8-14(9-11-15)22(30)28-20(13(2)3)24(32)27-19-7-5-6-18-16(19)12-17(21(25)29)23(31)26-18/h8-13,19-20H,4-7H2,1-3H3,(H2,25,29)(H,26,31)(H,27,32)(H,28,30)/t19-,20-/m1/s1. The number of aromatic nitrogens is 1. The summed E-state index contributed by atoms with van der Waals surface area (Å²) < 4.78 is 5.40. The van der Waals surface area contributed by atoms with Gasteiger partial charge in [0.15, 0.2) is 0 Å². The monoisotopic (exact) mass is 454 g/mol. The number of ether oxygens (including phenoxy) is 1. The lowest BCUT2D eigenvalue weighted by Gasteiger charge is -2.29. The molecule has 176 valence electrons. The third-order valence-corrected chi connectivity index (χ3v) is 5.70. The highest BCUT2D eigenvalue weighted by molar-refractivity contribution is 5.97. The SMILES string of the molecule is CCOc1ccc(C(=O)N[C@@H](C(=O)N[C@@H]2CCCc3[nH]c(=O)c(C(N)=O)cc32)C(C)C)cc1. The summed E-state index contributed by atoms with van der Waals surface area (Å²) in [6, 6.07) is 7.00. The summed E-state index contributed by atoms with van der Waals surface area (Å²) in [6.45, 7) is 6.10. The van der Waals surface area contributed by atoms with Crippen molar-refractivity contribution in [3.8, 4) is 5.75 Å². The molecule has 0 bridgehead atoms. The fourth-order valence-corrected chi connectivity index (χ4v) is 3.96. The molecular weight excluding hydrogens is 424 g/mol. The summed E-state index contributed by atoms with van der Waals surface area (Å²) in [5, 5.41) is 5.79. The van der Waals surface area contributed by atoms with Gasteiger partial charge in [0, 0.05) is 11.3 Å². The number of fused-ring (bicyclic) bond motifs is 1. The van der Waals surface area contributed by atoms with E-state index in [4.69, 9.17) is 10.5 Å². The molecule has 0 aliphatic heterocycles. The van der Waals surface area contributed by atoms with Crippen LogP contribution in [0.15, 0.2) is 35.1 Å². The van der Waals surface area contributed by atoms with E-state index in [1.54, 1.807) is 24.3 Å². The van der Waals surface area contributed by atoms with Gasteiger partial charge in [0.05, 0.1) is 12.6 Å². The van der Waals surface area contributed by atoms with Crippen LogP contribution in [0, 0.1) is 5.92 Å². The predicted octanol–water partition coefficient (Wildman–Crippen LogP) is 1.82. The summed E-state index contributed by atoms with van der Waals surface area (Å²) in [4.78, 5) is 52.3. The average molecular weight is 455 g/mol. The van der Waals surface area contributed by atoms with E-state index in [9.17, 15) is 19.2 Å². The molecule has 33 heavy (non-hydrogen) atoms. The normalized spacial score (nSPS) is 15.9. The van der Waals surface area contributed by atoms with Gasteiger partial charge < -0.3 is 26.1 Å². The number of primary amides is 1. The molecule has 9 heteroatoms. The highest BCUT2D eigenvalue weighted by Gasteiger charge is 2.30. The Hall–Kier alpha value is -3.62. The van der Waals surface area contributed by atoms with Crippen LogP contribution < -0.4 is 26.7 Å². The summed E-state index contributed by atoms with van der Waals surface area (Å²) in [6.07, 6.45) is 2.04. The van der Waals surface area contributed by atoms with Crippen molar-refractivity contribution in [3.05, 3.63) is 63.1 Å². The second-order valence-electron chi connectivity index (χ2n) is 8.42. The van der Waals surface area contributed by atoms with E-state index in [0.717, 1.165) is 6.42 Å². The number of hydrogen-bond acceptors (Lipinski definition) is 5. The molecule has 1 aromatic carbocycles. The molecule has 0 spiro atoms. The maximum Gasteiger partial charge on any atom is 0.261 e. The Bertz CT molecular complexity index is 1090. The van der Waals surface area contributed by atoms with E-state index in [2.05, 4.69) is 15.6 Å². The van der Waals surface area contributed by atoms with E-state index in [1.807, 2.05) is 20.8 Å². The van der Waals surface area contributed by atoms with E-state index < -0.39 is 23.6 Å². The van der Waals surface area contributed by atoms with E-state index >= 15 is 0 Å². The Balaban J connectivity index is 1.76. The van der Waals surface area contributed by atoms with Crippen molar-refractivity contribution in [1.82, 2.24) is 15.6 Å². The van der Waals surface area contributed by atoms with Crippen molar-refractivity contribution < 1.29 is 19.1 Å². The number of nitrogens with one attached hydrogen (secondary N) is 3. The minimum absolute atomic E-state index is 0.140. The van der Waals surface area contributed by atoms with Crippen LogP contribution >= 0.6 is 0 Å². The topological polar surface area (TPSA) is 143 Å². The first kappa shape index (κ1) is 24.0. The Morgan fingerprint density at radius 2 is 1.91 bits per heavy atom. The van der Waals surface area contributed by atoms with Gasteiger partial charge in [0.25, 0.3) is 17.4 Å². The zero-order chi connectivity index (χ0) is 24.1. The van der Waals surface area contributed by atoms with Gasteiger partial charge in [0.2, 0.25) is 5.91 Å². The molecule has 5 N–H and O–H groups in total. The number of hydrogen-bond donors (Lipinski definition) is 4. The van der Waals surface area contributed by atoms with Gasteiger partial charge in [-0.3, -0.25) is 19.2 Å². The molecule has 3 amide bonds. The quantitative estimate of drug-likeness (QED) is 0.481. The third kappa shape index (κ3) is 5.60. The zero-order valence-electron chi connectivity index (χ0n) is 19.1. The van der Waals surface area contributed by atoms with Gasteiger partial charge in [-0.25, -0.2) is 0 Å². The molecule has 0 saturated heterocycles. The molecule has 1 heterocycles. The lowest BCUT2D eigenvalue weighted by Crippen LogP contribution is -2.50. The average Bonchev–Trinajstić information content (AvgIpc) is 2.77. The fraction of sp³-hybridized carbons (Fsp3) is 0.417. The molecule has 0 fully saturated rings. The maximum atomic E-state index is 13.1. The first-order chi connectivity index (χ1) is 15.7. The third-order valence-electron chi connectivity index (χ3n) is 5.70. The number of amides is 3. The largest absolute Gasteiger partial charge is 0.494 e. The van der Waals surface area contributed by atoms with Gasteiger partial charge in [-0.2, -0.15) is 0 Å². The van der Waals surface area contributed by atoms with Crippen molar-refractivity contribution in [2.24, 2.45) is 11.7 Å². The van der Waals surface area contributed by atoms with Crippen molar-refractivity contribution in [2.45, 2.75) is 52.1 Å². The van der Waals surface area contributed by atoms with Crippen LogP contribution in [0.4, 0.5) is 0 Å². The number of aryl methyl sites for hydroxylation is 1. The Morgan fingerprint density at radius 1 is 1.21 bits per heavy atom. The number of carbonyl (C=O) groups excluding carboxylic acids is 3. The van der Waals surface area contributed by atoms with Gasteiger partial charge in [-0.15, -0.1) is 0 Å². The molecule has 1 aliphatic rings. The Morgan fingerprint density at radius 3 is 2.52 bits per heavy atom. The smallest absolute Gasteiger partial charge is 0.261 e. The number of aromatic amines is 1. The first-order valence-corrected chi connectivity index (χ1v) is 11.1. The second kappa shape index (κ2) is 10.3. The van der Waals surface area contributed by atoms with Crippen molar-refractivity contribution in [1.29, 1.82) is 0 Å². The fourth-order valence-electron chi connectivity index (χ4n) is 3.96. The summed E-state index contributed by atoms with van der Waals surface area (Å²) >= 11 is 0. The molecule has 0 unspecified atom stereocenters. The first-order valence-electron chi connectivity index (χ1n) is 11.1. The summed E-state index contributed by atoms with van der Waals surface area (Å²) in [7, 11) is 0. The number of pyridine rings is 1. The zero-order valence-corrected chi connectivity index (χ0v) is 19.1. The molecule has 1 aromatic heterocycles. The predicted molar refractivity (Wildman–Crippen MR) is 123 cm³/mol. The van der Waals surface area contributed by atoms with Gasteiger partial charge in [0.1, 0.15) is 17.4 Å². The molecule has 0 radical (unpaired) electrons. The number of carbonyl (C=O) groups is 3. The maximum absolute atomic E-state index is 13.1. The van der Waals surface area contributed by atoms with Crippen LogP contribution in [0.1, 0.15) is 71.6 Å². The Labute approximate surface area is 192 Å². The van der Waals surface area contributed by atoms with Crippen LogP contribution in [0.5, 0.6) is 5.75 Å². The lowest BCUT2D eigenvalue weighted by atomic mass is 9.89. The van der Waals surface area contributed by atoms with Crippen LogP contribution in [0.25, 0.3) is 0 Å². The second-order valence-corrected chi connectivity index (χ2v) is 8.42. The summed E-state index contributed by atoms with van der Waals surface area (Å²) in [5.74, 6) is -1.03. The highest BCUT2D eigenvalue weighted by Crippen LogP contribution is 2.28. The molecule has 2 atom stereocenters. The van der Waals surface area contributed by atoms with Crippen LogP contribution in [0.2, 0.25) is 0 Å². The summed E-state index contributed by atoms with van der Waals surface area (Å²) in [5.41, 5.74) is 6.42. The van der Waals surface area contributed by atoms with Crippen molar-refractivity contribution in [3.63, 3.8) is 0 Å². The Kier molecular flexibility index (Phi) is 7.52. The van der Waals surface area contributed by atoms with E-state index in [-0.39, 0.29) is 23.3 Å². The van der Waals surface area contributed by atoms with Crippen molar-refractivity contribution >= 4 is 17.7 Å². The number of nitrogens with two attached hydrogens (primary N) is 1. The van der Waals surface area contributed by atoms with Crippen LogP contribution in [-0.2, 0) is 11.2 Å². The minimum Gasteiger partial charge on any atom is -0.494 e. The van der Waals surface area contributed by atoms with Crippen LogP contribution in [-0.4, -0.2) is 35.4 Å². The number of benzene rings is 1. The highest BCUT2D eigenvalue weighted by atomic mass is 16.5. The molecular formula is C24H30N4O5. The lowest BCUT2D eigenvalue weighted by molar-refractivity contribution is -0.124. The molecule has 0 saturated carbocycles. The van der Waals surface area contributed by atoms with Gasteiger partial charge in [-0.1, -0.05) is 13.8 Å². The molecule has 2 aromatic rings.